The fourth-order valence-corrected chi connectivity index (χ4v) is 1.94. The summed E-state index contributed by atoms with van der Waals surface area (Å²) < 4.78 is 5.70. The number of aromatic amines is 1. The molecule has 0 bridgehead atoms. The van der Waals surface area contributed by atoms with Gasteiger partial charge in [0.05, 0.1) is 12.8 Å². The van der Waals surface area contributed by atoms with Crippen LogP contribution in [-0.4, -0.2) is 17.1 Å². The van der Waals surface area contributed by atoms with Gasteiger partial charge in [-0.25, -0.2) is 4.98 Å². The van der Waals surface area contributed by atoms with E-state index in [1.807, 2.05) is 25.1 Å². The van der Waals surface area contributed by atoms with E-state index in [9.17, 15) is 0 Å². The Labute approximate surface area is 105 Å². The number of ether oxygens (including phenoxy) is 1. The van der Waals surface area contributed by atoms with E-state index in [-0.39, 0.29) is 0 Å². The summed E-state index contributed by atoms with van der Waals surface area (Å²) >= 11 is 5.06. The van der Waals surface area contributed by atoms with Crippen molar-refractivity contribution >= 4 is 12.2 Å². The van der Waals surface area contributed by atoms with Crippen molar-refractivity contribution in [3.8, 4) is 17.0 Å². The van der Waals surface area contributed by atoms with Crippen LogP contribution in [0, 0.1) is 18.6 Å². The summed E-state index contributed by atoms with van der Waals surface area (Å²) in [7, 11) is 1.67. The normalized spacial score (nSPS) is 10.3. The van der Waals surface area contributed by atoms with Crippen molar-refractivity contribution in [3.05, 3.63) is 40.3 Å². The van der Waals surface area contributed by atoms with Crippen molar-refractivity contribution in [1.82, 2.24) is 9.97 Å². The Morgan fingerprint density at radius 2 is 2.00 bits per heavy atom. The first-order valence-electron chi connectivity index (χ1n) is 5.33. The molecule has 0 unspecified atom stereocenters. The number of aryl methyl sites for hydroxylation is 2. The average Bonchev–Trinajstić information content (AvgIpc) is 2.32. The third kappa shape index (κ3) is 2.36. The lowest BCUT2D eigenvalue weighted by atomic mass is 10.0. The van der Waals surface area contributed by atoms with Crippen molar-refractivity contribution in [3.63, 3.8) is 0 Å². The van der Waals surface area contributed by atoms with Crippen LogP contribution in [0.1, 0.15) is 11.1 Å². The van der Waals surface area contributed by atoms with Crippen LogP contribution in [0.3, 0.4) is 0 Å². The second-order valence-electron chi connectivity index (χ2n) is 3.93. The monoisotopic (exact) mass is 246 g/mol. The zero-order valence-corrected chi connectivity index (χ0v) is 10.9. The van der Waals surface area contributed by atoms with Crippen LogP contribution in [0.15, 0.2) is 24.4 Å². The number of hydrogen-bond acceptors (Lipinski definition) is 3. The van der Waals surface area contributed by atoms with Gasteiger partial charge < -0.3 is 9.72 Å². The summed E-state index contributed by atoms with van der Waals surface area (Å²) in [5, 5.41) is 0. The fourth-order valence-electron chi connectivity index (χ4n) is 1.78. The quantitative estimate of drug-likeness (QED) is 0.825. The zero-order chi connectivity index (χ0) is 12.4. The SMILES string of the molecule is COc1ccc(-c2[nH]c(=S)ncc2C)c(C)c1. The molecule has 1 N–H and O–H groups in total. The highest BCUT2D eigenvalue weighted by molar-refractivity contribution is 7.71. The summed E-state index contributed by atoms with van der Waals surface area (Å²) in [6, 6.07) is 5.98. The Morgan fingerprint density at radius 3 is 2.65 bits per heavy atom. The van der Waals surface area contributed by atoms with Gasteiger partial charge in [0.1, 0.15) is 5.75 Å². The van der Waals surface area contributed by atoms with E-state index in [4.69, 9.17) is 17.0 Å². The molecule has 0 atom stereocenters. The van der Waals surface area contributed by atoms with Crippen molar-refractivity contribution in [2.24, 2.45) is 0 Å². The molecule has 0 radical (unpaired) electrons. The zero-order valence-electron chi connectivity index (χ0n) is 10.1. The minimum absolute atomic E-state index is 0.501. The minimum atomic E-state index is 0.501. The number of benzene rings is 1. The van der Waals surface area contributed by atoms with Crippen LogP contribution in [0.5, 0.6) is 5.75 Å². The van der Waals surface area contributed by atoms with Crippen LogP contribution in [0.4, 0.5) is 0 Å². The largest absolute Gasteiger partial charge is 0.497 e. The number of methoxy groups -OCH3 is 1. The maximum atomic E-state index is 5.20. The summed E-state index contributed by atoms with van der Waals surface area (Å²) in [6.45, 7) is 4.06. The molecule has 0 fully saturated rings. The molecule has 88 valence electrons. The van der Waals surface area contributed by atoms with Gasteiger partial charge in [0.25, 0.3) is 0 Å². The Balaban J connectivity index is 2.60. The number of H-pyrrole nitrogens is 1. The third-order valence-electron chi connectivity index (χ3n) is 2.70. The molecule has 1 aromatic heterocycles. The average molecular weight is 246 g/mol. The molecule has 0 aliphatic carbocycles. The predicted molar refractivity (Wildman–Crippen MR) is 70.9 cm³/mol. The van der Waals surface area contributed by atoms with Gasteiger partial charge in [-0.05, 0) is 55.4 Å². The Bertz CT molecular complexity index is 605. The Hall–Kier alpha value is -1.68. The van der Waals surface area contributed by atoms with Crippen LogP contribution in [0.2, 0.25) is 0 Å². The van der Waals surface area contributed by atoms with Crippen molar-refractivity contribution in [2.75, 3.05) is 7.11 Å². The second-order valence-corrected chi connectivity index (χ2v) is 4.31. The number of nitrogens with one attached hydrogen (secondary N) is 1. The van der Waals surface area contributed by atoms with Gasteiger partial charge in [-0.1, -0.05) is 0 Å². The molecule has 0 aliphatic heterocycles. The van der Waals surface area contributed by atoms with E-state index in [0.29, 0.717) is 4.77 Å². The Morgan fingerprint density at radius 1 is 1.24 bits per heavy atom. The lowest BCUT2D eigenvalue weighted by Crippen LogP contribution is -1.94. The summed E-state index contributed by atoms with van der Waals surface area (Å²) in [5.41, 5.74) is 4.36. The summed E-state index contributed by atoms with van der Waals surface area (Å²) in [5.74, 6) is 0.858. The van der Waals surface area contributed by atoms with E-state index >= 15 is 0 Å². The molecule has 4 heteroatoms. The van der Waals surface area contributed by atoms with Crippen LogP contribution in [-0.2, 0) is 0 Å². The van der Waals surface area contributed by atoms with Gasteiger partial charge >= 0.3 is 0 Å². The highest BCUT2D eigenvalue weighted by Crippen LogP contribution is 2.27. The first-order valence-corrected chi connectivity index (χ1v) is 5.73. The van der Waals surface area contributed by atoms with Crippen LogP contribution >= 0.6 is 12.2 Å². The van der Waals surface area contributed by atoms with E-state index in [1.165, 1.54) is 0 Å². The maximum Gasteiger partial charge on any atom is 0.197 e. The first kappa shape index (κ1) is 11.8. The summed E-state index contributed by atoms with van der Waals surface area (Å²) in [4.78, 5) is 7.20. The van der Waals surface area contributed by atoms with Gasteiger partial charge in [0.2, 0.25) is 0 Å². The summed E-state index contributed by atoms with van der Waals surface area (Å²) in [6.07, 6.45) is 1.79. The van der Waals surface area contributed by atoms with E-state index in [0.717, 1.165) is 28.1 Å². The highest BCUT2D eigenvalue weighted by Gasteiger charge is 2.06. The van der Waals surface area contributed by atoms with Gasteiger partial charge in [-0.15, -0.1) is 0 Å². The molecule has 17 heavy (non-hydrogen) atoms. The molecule has 2 rings (SSSR count). The topological polar surface area (TPSA) is 37.9 Å². The van der Waals surface area contributed by atoms with Gasteiger partial charge in [0.15, 0.2) is 4.77 Å². The molecule has 1 heterocycles. The molecule has 0 aliphatic rings. The molecular formula is C13H14N2OS. The first-order chi connectivity index (χ1) is 8.11. The molecule has 0 saturated heterocycles. The number of hydrogen-bond donors (Lipinski definition) is 1. The molecular weight excluding hydrogens is 232 g/mol. The number of aromatic nitrogens is 2. The molecule has 2 aromatic rings. The smallest absolute Gasteiger partial charge is 0.197 e. The van der Waals surface area contributed by atoms with E-state index in [2.05, 4.69) is 16.9 Å². The highest BCUT2D eigenvalue weighted by atomic mass is 32.1. The van der Waals surface area contributed by atoms with Crippen LogP contribution < -0.4 is 4.74 Å². The molecule has 1 aromatic carbocycles. The van der Waals surface area contributed by atoms with E-state index < -0.39 is 0 Å². The second kappa shape index (κ2) is 4.67. The van der Waals surface area contributed by atoms with E-state index in [1.54, 1.807) is 13.3 Å². The van der Waals surface area contributed by atoms with Gasteiger partial charge in [-0.2, -0.15) is 0 Å². The molecule has 3 nitrogen and oxygen atoms in total. The van der Waals surface area contributed by atoms with Crippen molar-refractivity contribution in [2.45, 2.75) is 13.8 Å². The van der Waals surface area contributed by atoms with Crippen molar-refractivity contribution < 1.29 is 4.74 Å². The molecule has 0 amide bonds. The fraction of sp³-hybridized carbons (Fsp3) is 0.231. The van der Waals surface area contributed by atoms with Crippen molar-refractivity contribution in [1.29, 1.82) is 0 Å². The number of nitrogens with zero attached hydrogens (tertiary/aromatic N) is 1. The molecule has 0 spiro atoms. The van der Waals surface area contributed by atoms with Gasteiger partial charge in [-0.3, -0.25) is 0 Å². The Kier molecular flexibility index (Phi) is 3.24. The molecule has 0 saturated carbocycles. The minimum Gasteiger partial charge on any atom is -0.497 e. The third-order valence-corrected chi connectivity index (χ3v) is 2.91. The maximum absolute atomic E-state index is 5.20. The lowest BCUT2D eigenvalue weighted by molar-refractivity contribution is 0.414. The van der Waals surface area contributed by atoms with Gasteiger partial charge in [0, 0.05) is 11.8 Å². The predicted octanol–water partition coefficient (Wildman–Crippen LogP) is 3.43. The lowest BCUT2D eigenvalue weighted by Gasteiger charge is -2.10. The number of rotatable bonds is 2. The standard InChI is InChI=1S/C13H14N2OS/c1-8-6-10(16-3)4-5-11(8)12-9(2)7-14-13(17)15-12/h4-7H,1-3H3,(H,14,15,17). The van der Waals surface area contributed by atoms with Crippen LogP contribution in [0.25, 0.3) is 11.3 Å².